The molecule has 1 atom stereocenters. The molecule has 0 spiro atoms. The van der Waals surface area contributed by atoms with Gasteiger partial charge in [-0.05, 0) is 44.4 Å². The highest BCUT2D eigenvalue weighted by Gasteiger charge is 2.20. The van der Waals surface area contributed by atoms with Gasteiger partial charge in [0.05, 0.1) is 0 Å². The fourth-order valence-corrected chi connectivity index (χ4v) is 3.10. The third-order valence-electron chi connectivity index (χ3n) is 3.86. The molecule has 0 saturated carbocycles. The molecule has 1 fully saturated rings. The number of hydrogen-bond acceptors (Lipinski definition) is 2. The summed E-state index contributed by atoms with van der Waals surface area (Å²) in [6.07, 6.45) is 0. The van der Waals surface area contributed by atoms with Crippen LogP contribution in [0.2, 0.25) is 0 Å². The lowest BCUT2D eigenvalue weighted by Gasteiger charge is -2.34. The summed E-state index contributed by atoms with van der Waals surface area (Å²) < 4.78 is 0. The van der Waals surface area contributed by atoms with Crippen LogP contribution < -0.4 is 5.32 Å². The summed E-state index contributed by atoms with van der Waals surface area (Å²) in [4.78, 5) is 2.58. The minimum atomic E-state index is 0.540. The number of nitrogens with one attached hydrogen (secondary N) is 1. The van der Waals surface area contributed by atoms with Gasteiger partial charge in [-0.15, -0.1) is 0 Å². The molecular formula is C15H24N2. The highest BCUT2D eigenvalue weighted by Crippen LogP contribution is 2.27. The van der Waals surface area contributed by atoms with Crippen molar-refractivity contribution in [1.29, 1.82) is 0 Å². The molecule has 0 amide bonds. The van der Waals surface area contributed by atoms with E-state index in [9.17, 15) is 0 Å². The van der Waals surface area contributed by atoms with Crippen molar-refractivity contribution in [2.75, 3.05) is 26.2 Å². The molecule has 0 unspecified atom stereocenters. The summed E-state index contributed by atoms with van der Waals surface area (Å²) in [7, 11) is 0. The molecule has 1 aliphatic rings. The first-order chi connectivity index (χ1) is 8.09. The van der Waals surface area contributed by atoms with Crippen LogP contribution in [-0.4, -0.2) is 31.1 Å². The Bertz CT molecular complexity index is 369. The van der Waals surface area contributed by atoms with Gasteiger partial charge in [-0.3, -0.25) is 4.90 Å². The Balaban J connectivity index is 2.26. The zero-order valence-corrected chi connectivity index (χ0v) is 11.5. The summed E-state index contributed by atoms with van der Waals surface area (Å²) >= 11 is 0. The number of piperazine rings is 1. The van der Waals surface area contributed by atoms with Crippen molar-refractivity contribution in [3.05, 3.63) is 34.4 Å². The molecule has 1 aromatic rings. The lowest BCUT2D eigenvalue weighted by atomic mass is 9.94. The van der Waals surface area contributed by atoms with E-state index in [2.05, 4.69) is 50.0 Å². The number of aryl methyl sites for hydroxylation is 3. The molecule has 0 radical (unpaired) electrons. The maximum absolute atomic E-state index is 3.42. The predicted octanol–water partition coefficient (Wildman–Crippen LogP) is 2.58. The fraction of sp³-hybridized carbons (Fsp3) is 0.600. The van der Waals surface area contributed by atoms with Crippen LogP contribution in [0, 0.1) is 20.8 Å². The van der Waals surface area contributed by atoms with E-state index in [-0.39, 0.29) is 0 Å². The SMILES string of the molecule is Cc1cc(C)c([C@@H](C)N2CCNCC2)c(C)c1. The topological polar surface area (TPSA) is 15.3 Å². The minimum Gasteiger partial charge on any atom is -0.314 e. The molecule has 2 rings (SSSR count). The Hall–Kier alpha value is -0.860. The fourth-order valence-electron chi connectivity index (χ4n) is 3.10. The third-order valence-corrected chi connectivity index (χ3v) is 3.86. The van der Waals surface area contributed by atoms with Crippen molar-refractivity contribution < 1.29 is 0 Å². The number of nitrogens with zero attached hydrogens (tertiary/aromatic N) is 1. The summed E-state index contributed by atoms with van der Waals surface area (Å²) in [6.45, 7) is 13.6. The maximum Gasteiger partial charge on any atom is 0.0326 e. The van der Waals surface area contributed by atoms with Crippen LogP contribution in [0.5, 0.6) is 0 Å². The van der Waals surface area contributed by atoms with Crippen molar-refractivity contribution in [3.63, 3.8) is 0 Å². The molecule has 0 aromatic heterocycles. The Kier molecular flexibility index (Phi) is 3.85. The van der Waals surface area contributed by atoms with Crippen LogP contribution in [0.15, 0.2) is 12.1 Å². The molecule has 2 heteroatoms. The van der Waals surface area contributed by atoms with Gasteiger partial charge in [-0.25, -0.2) is 0 Å². The standard InChI is InChI=1S/C15H24N2/c1-11-9-12(2)15(13(3)10-11)14(4)17-7-5-16-6-8-17/h9-10,14,16H,5-8H2,1-4H3/t14-/m1/s1. The van der Waals surface area contributed by atoms with Crippen LogP contribution in [0.1, 0.15) is 35.2 Å². The second-order valence-electron chi connectivity index (χ2n) is 5.27. The van der Waals surface area contributed by atoms with E-state index in [0.717, 1.165) is 26.2 Å². The normalized spacial score (nSPS) is 19.3. The highest BCUT2D eigenvalue weighted by atomic mass is 15.2. The van der Waals surface area contributed by atoms with Crippen LogP contribution in [0.4, 0.5) is 0 Å². The van der Waals surface area contributed by atoms with Gasteiger partial charge in [-0.1, -0.05) is 17.7 Å². The zero-order chi connectivity index (χ0) is 12.4. The van der Waals surface area contributed by atoms with E-state index >= 15 is 0 Å². The lowest BCUT2D eigenvalue weighted by molar-refractivity contribution is 0.184. The quantitative estimate of drug-likeness (QED) is 0.843. The summed E-state index contributed by atoms with van der Waals surface area (Å²) in [5, 5.41) is 3.42. The van der Waals surface area contributed by atoms with Crippen molar-refractivity contribution in [1.82, 2.24) is 10.2 Å². The van der Waals surface area contributed by atoms with E-state index < -0.39 is 0 Å². The zero-order valence-electron chi connectivity index (χ0n) is 11.5. The average molecular weight is 232 g/mol. The minimum absolute atomic E-state index is 0.540. The van der Waals surface area contributed by atoms with E-state index in [1.807, 2.05) is 0 Å². The predicted molar refractivity (Wildman–Crippen MR) is 73.5 cm³/mol. The van der Waals surface area contributed by atoms with Gasteiger partial charge < -0.3 is 5.32 Å². The third kappa shape index (κ3) is 2.70. The first kappa shape index (κ1) is 12.6. The average Bonchev–Trinajstić information content (AvgIpc) is 2.28. The van der Waals surface area contributed by atoms with E-state index in [0.29, 0.717) is 6.04 Å². The van der Waals surface area contributed by atoms with Crippen LogP contribution in [0.3, 0.4) is 0 Å². The van der Waals surface area contributed by atoms with Crippen LogP contribution >= 0.6 is 0 Å². The molecule has 17 heavy (non-hydrogen) atoms. The molecule has 1 N–H and O–H groups in total. The number of rotatable bonds is 2. The molecule has 1 aliphatic heterocycles. The van der Waals surface area contributed by atoms with Crippen molar-refractivity contribution in [3.8, 4) is 0 Å². The second kappa shape index (κ2) is 5.19. The van der Waals surface area contributed by atoms with Gasteiger partial charge in [0, 0.05) is 32.2 Å². The summed E-state index contributed by atoms with van der Waals surface area (Å²) in [5.74, 6) is 0. The van der Waals surface area contributed by atoms with Crippen LogP contribution in [-0.2, 0) is 0 Å². The molecule has 2 nitrogen and oxygen atoms in total. The Morgan fingerprint density at radius 1 is 1.06 bits per heavy atom. The van der Waals surface area contributed by atoms with Crippen LogP contribution in [0.25, 0.3) is 0 Å². The Labute approximate surface area is 105 Å². The maximum atomic E-state index is 3.42. The smallest absolute Gasteiger partial charge is 0.0326 e. The molecular weight excluding hydrogens is 208 g/mol. The van der Waals surface area contributed by atoms with Gasteiger partial charge in [0.2, 0.25) is 0 Å². The van der Waals surface area contributed by atoms with E-state index in [1.54, 1.807) is 0 Å². The summed E-state index contributed by atoms with van der Waals surface area (Å²) in [5.41, 5.74) is 5.77. The molecule has 0 aliphatic carbocycles. The van der Waals surface area contributed by atoms with Gasteiger partial charge >= 0.3 is 0 Å². The number of benzene rings is 1. The number of hydrogen-bond donors (Lipinski definition) is 1. The van der Waals surface area contributed by atoms with Crippen molar-refractivity contribution in [2.45, 2.75) is 33.7 Å². The molecule has 0 bridgehead atoms. The van der Waals surface area contributed by atoms with Gasteiger partial charge in [0.15, 0.2) is 0 Å². The van der Waals surface area contributed by atoms with Crippen molar-refractivity contribution in [2.24, 2.45) is 0 Å². The van der Waals surface area contributed by atoms with Gasteiger partial charge in [-0.2, -0.15) is 0 Å². The van der Waals surface area contributed by atoms with Gasteiger partial charge in [0.25, 0.3) is 0 Å². The Morgan fingerprint density at radius 2 is 1.59 bits per heavy atom. The molecule has 1 saturated heterocycles. The van der Waals surface area contributed by atoms with Crippen molar-refractivity contribution >= 4 is 0 Å². The second-order valence-corrected chi connectivity index (χ2v) is 5.27. The first-order valence-electron chi connectivity index (χ1n) is 6.62. The molecule has 1 aromatic carbocycles. The first-order valence-corrected chi connectivity index (χ1v) is 6.62. The largest absolute Gasteiger partial charge is 0.314 e. The van der Waals surface area contributed by atoms with E-state index in [4.69, 9.17) is 0 Å². The van der Waals surface area contributed by atoms with E-state index in [1.165, 1.54) is 22.3 Å². The highest BCUT2D eigenvalue weighted by molar-refractivity contribution is 5.39. The van der Waals surface area contributed by atoms with Gasteiger partial charge in [0.1, 0.15) is 0 Å². The Morgan fingerprint density at radius 3 is 2.12 bits per heavy atom. The lowest BCUT2D eigenvalue weighted by Crippen LogP contribution is -2.44. The molecule has 94 valence electrons. The molecule has 1 heterocycles. The summed E-state index contributed by atoms with van der Waals surface area (Å²) in [6, 6.07) is 5.15. The monoisotopic (exact) mass is 232 g/mol.